The highest BCUT2D eigenvalue weighted by Crippen LogP contribution is 2.26. The summed E-state index contributed by atoms with van der Waals surface area (Å²) in [5.74, 6) is 0.873. The van der Waals surface area contributed by atoms with Gasteiger partial charge in [-0.25, -0.2) is 0 Å². The van der Waals surface area contributed by atoms with Crippen LogP contribution in [0.1, 0.15) is 12.0 Å². The Balaban J connectivity index is 2.37. The fourth-order valence-electron chi connectivity index (χ4n) is 1.48. The van der Waals surface area contributed by atoms with Gasteiger partial charge in [-0.05, 0) is 17.7 Å². The molecule has 0 bridgehead atoms. The predicted octanol–water partition coefficient (Wildman–Crippen LogP) is 2.60. The van der Waals surface area contributed by atoms with E-state index in [0.717, 1.165) is 21.5 Å². The lowest BCUT2D eigenvalue weighted by Gasteiger charge is -2.05. The summed E-state index contributed by atoms with van der Waals surface area (Å²) in [6.45, 7) is 0.572. The van der Waals surface area contributed by atoms with Crippen molar-refractivity contribution in [1.82, 2.24) is 0 Å². The van der Waals surface area contributed by atoms with Gasteiger partial charge in [0, 0.05) is 17.3 Å². The van der Waals surface area contributed by atoms with Crippen molar-refractivity contribution in [3.63, 3.8) is 0 Å². The fourth-order valence-corrected chi connectivity index (χ4v) is 1.82. The zero-order chi connectivity index (χ0) is 9.97. The molecular formula is C10H10BrNO2. The van der Waals surface area contributed by atoms with Crippen LogP contribution in [0.25, 0.3) is 0 Å². The van der Waals surface area contributed by atoms with E-state index in [0.29, 0.717) is 19.4 Å². The normalized spacial score (nSPS) is 18.5. The molecule has 1 heterocycles. The van der Waals surface area contributed by atoms with Gasteiger partial charge >= 0.3 is 0 Å². The van der Waals surface area contributed by atoms with Crippen molar-refractivity contribution in [2.24, 2.45) is 5.16 Å². The number of hydrogen-bond donors (Lipinski definition) is 1. The minimum Gasteiger partial charge on any atom is -0.493 e. The highest BCUT2D eigenvalue weighted by molar-refractivity contribution is 9.10. The molecule has 0 saturated carbocycles. The van der Waals surface area contributed by atoms with Crippen molar-refractivity contribution in [3.05, 3.63) is 28.2 Å². The highest BCUT2D eigenvalue weighted by Gasteiger charge is 2.13. The minimum atomic E-state index is 0.572. The van der Waals surface area contributed by atoms with Crippen LogP contribution in [-0.4, -0.2) is 17.5 Å². The number of oxime groups is 1. The Hall–Kier alpha value is -1.03. The summed E-state index contributed by atoms with van der Waals surface area (Å²) in [5, 5.41) is 12.0. The molecule has 14 heavy (non-hydrogen) atoms. The second-order valence-electron chi connectivity index (χ2n) is 3.19. The molecule has 0 fully saturated rings. The SMILES string of the molecule is ON=C1CCOc2cc(Br)ccc2C1. The fraction of sp³-hybridized carbons (Fsp3) is 0.300. The topological polar surface area (TPSA) is 41.8 Å². The molecule has 0 aromatic heterocycles. The van der Waals surface area contributed by atoms with Gasteiger partial charge in [0.1, 0.15) is 5.75 Å². The number of hydrogen-bond acceptors (Lipinski definition) is 3. The molecular weight excluding hydrogens is 246 g/mol. The average molecular weight is 256 g/mol. The molecule has 0 atom stereocenters. The van der Waals surface area contributed by atoms with Gasteiger partial charge in [-0.15, -0.1) is 0 Å². The standard InChI is InChI=1S/C10H10BrNO2/c11-8-2-1-7-5-9(12-13)3-4-14-10(7)6-8/h1-2,6,13H,3-5H2. The molecule has 0 saturated heterocycles. The van der Waals surface area contributed by atoms with Crippen LogP contribution < -0.4 is 4.74 Å². The smallest absolute Gasteiger partial charge is 0.124 e. The second kappa shape index (κ2) is 4.00. The summed E-state index contributed by atoms with van der Waals surface area (Å²) >= 11 is 3.39. The molecule has 74 valence electrons. The lowest BCUT2D eigenvalue weighted by Crippen LogP contribution is -2.03. The molecule has 1 aromatic rings. The van der Waals surface area contributed by atoms with Crippen molar-refractivity contribution in [2.45, 2.75) is 12.8 Å². The van der Waals surface area contributed by atoms with E-state index in [1.807, 2.05) is 18.2 Å². The zero-order valence-electron chi connectivity index (χ0n) is 7.53. The zero-order valence-corrected chi connectivity index (χ0v) is 9.12. The average Bonchev–Trinajstić information content (AvgIpc) is 2.38. The summed E-state index contributed by atoms with van der Waals surface area (Å²) in [7, 11) is 0. The van der Waals surface area contributed by atoms with Crippen molar-refractivity contribution in [3.8, 4) is 5.75 Å². The number of rotatable bonds is 0. The first-order valence-corrected chi connectivity index (χ1v) is 5.20. The number of benzene rings is 1. The summed E-state index contributed by atoms with van der Waals surface area (Å²) < 4.78 is 6.54. The third-order valence-corrected chi connectivity index (χ3v) is 2.71. The van der Waals surface area contributed by atoms with E-state index in [4.69, 9.17) is 9.94 Å². The Morgan fingerprint density at radius 3 is 3.07 bits per heavy atom. The largest absolute Gasteiger partial charge is 0.493 e. The Labute approximate surface area is 90.5 Å². The third kappa shape index (κ3) is 1.90. The number of ether oxygens (including phenoxy) is 1. The lowest BCUT2D eigenvalue weighted by atomic mass is 10.1. The maximum atomic E-state index is 8.72. The van der Waals surface area contributed by atoms with Crippen LogP contribution in [0.2, 0.25) is 0 Å². The van der Waals surface area contributed by atoms with E-state index in [2.05, 4.69) is 21.1 Å². The van der Waals surface area contributed by atoms with Crippen molar-refractivity contribution in [1.29, 1.82) is 0 Å². The summed E-state index contributed by atoms with van der Waals surface area (Å²) in [5.41, 5.74) is 1.84. The van der Waals surface area contributed by atoms with Gasteiger partial charge in [0.15, 0.2) is 0 Å². The van der Waals surface area contributed by atoms with Gasteiger partial charge in [-0.3, -0.25) is 0 Å². The van der Waals surface area contributed by atoms with Gasteiger partial charge < -0.3 is 9.94 Å². The predicted molar refractivity (Wildman–Crippen MR) is 57.2 cm³/mol. The molecule has 1 aromatic carbocycles. The molecule has 0 aliphatic carbocycles. The van der Waals surface area contributed by atoms with E-state index in [1.54, 1.807) is 0 Å². The summed E-state index contributed by atoms with van der Waals surface area (Å²) in [6, 6.07) is 5.88. The van der Waals surface area contributed by atoms with Gasteiger partial charge in [-0.1, -0.05) is 27.2 Å². The molecule has 1 N–H and O–H groups in total. The number of nitrogens with zero attached hydrogens (tertiary/aromatic N) is 1. The molecule has 1 aliphatic heterocycles. The monoisotopic (exact) mass is 255 g/mol. The van der Waals surface area contributed by atoms with E-state index < -0.39 is 0 Å². The van der Waals surface area contributed by atoms with Crippen LogP contribution in [0.4, 0.5) is 0 Å². The summed E-state index contributed by atoms with van der Waals surface area (Å²) in [6.07, 6.45) is 1.35. The van der Waals surface area contributed by atoms with Gasteiger partial charge in [-0.2, -0.15) is 0 Å². The minimum absolute atomic E-state index is 0.572. The third-order valence-electron chi connectivity index (χ3n) is 2.21. The molecule has 3 nitrogen and oxygen atoms in total. The highest BCUT2D eigenvalue weighted by atomic mass is 79.9. The molecule has 0 unspecified atom stereocenters. The van der Waals surface area contributed by atoms with Crippen molar-refractivity contribution < 1.29 is 9.94 Å². The number of halogens is 1. The van der Waals surface area contributed by atoms with Crippen LogP contribution in [-0.2, 0) is 6.42 Å². The molecule has 1 aliphatic rings. The molecule has 0 spiro atoms. The Morgan fingerprint density at radius 1 is 1.43 bits per heavy atom. The molecule has 4 heteroatoms. The van der Waals surface area contributed by atoms with Crippen LogP contribution >= 0.6 is 15.9 Å². The van der Waals surface area contributed by atoms with Crippen LogP contribution in [0.15, 0.2) is 27.8 Å². The Morgan fingerprint density at radius 2 is 2.29 bits per heavy atom. The molecule has 2 rings (SSSR count). The first-order chi connectivity index (χ1) is 6.79. The van der Waals surface area contributed by atoms with E-state index >= 15 is 0 Å². The van der Waals surface area contributed by atoms with E-state index in [9.17, 15) is 0 Å². The maximum Gasteiger partial charge on any atom is 0.124 e. The number of fused-ring (bicyclic) bond motifs is 1. The van der Waals surface area contributed by atoms with E-state index in [-0.39, 0.29) is 0 Å². The second-order valence-corrected chi connectivity index (χ2v) is 4.11. The molecule has 0 radical (unpaired) electrons. The van der Waals surface area contributed by atoms with Crippen LogP contribution in [0, 0.1) is 0 Å². The maximum absolute atomic E-state index is 8.72. The lowest BCUT2D eigenvalue weighted by molar-refractivity contribution is 0.309. The quantitative estimate of drug-likeness (QED) is 0.572. The van der Waals surface area contributed by atoms with E-state index in [1.165, 1.54) is 0 Å². The molecule has 0 amide bonds. The first kappa shape index (κ1) is 9.52. The van der Waals surface area contributed by atoms with Crippen molar-refractivity contribution >= 4 is 21.6 Å². The Bertz CT molecular complexity index is 376. The van der Waals surface area contributed by atoms with Gasteiger partial charge in [0.25, 0.3) is 0 Å². The Kier molecular flexibility index (Phi) is 2.72. The van der Waals surface area contributed by atoms with Gasteiger partial charge in [0.05, 0.1) is 12.3 Å². The van der Waals surface area contributed by atoms with Crippen LogP contribution in [0.5, 0.6) is 5.75 Å². The first-order valence-electron chi connectivity index (χ1n) is 4.40. The van der Waals surface area contributed by atoms with Gasteiger partial charge in [0.2, 0.25) is 0 Å². The summed E-state index contributed by atoms with van der Waals surface area (Å²) in [4.78, 5) is 0. The van der Waals surface area contributed by atoms with Crippen molar-refractivity contribution in [2.75, 3.05) is 6.61 Å². The van der Waals surface area contributed by atoms with Crippen LogP contribution in [0.3, 0.4) is 0 Å².